The minimum Gasteiger partial charge on any atom is -0.330 e. The lowest BCUT2D eigenvalue weighted by Crippen LogP contribution is -2.46. The molecule has 7 heteroatoms. The topological polar surface area (TPSA) is 57.7 Å². The van der Waals surface area contributed by atoms with Crippen molar-refractivity contribution >= 4 is 27.3 Å². The molecule has 0 aliphatic carbocycles. The Bertz CT molecular complexity index is 1420. The Kier molecular flexibility index (Phi) is 8.27. The molecule has 0 bridgehead atoms. The third kappa shape index (κ3) is 6.21. The first-order chi connectivity index (χ1) is 18.2. The Morgan fingerprint density at radius 3 is 2.08 bits per heavy atom. The third-order valence-corrected chi connectivity index (χ3v) is 10.2. The molecule has 1 amide bonds. The van der Waals surface area contributed by atoms with Crippen LogP contribution >= 0.6 is 11.3 Å². The summed E-state index contributed by atoms with van der Waals surface area (Å²) in [6, 6.07) is 17.3. The highest BCUT2D eigenvalue weighted by Gasteiger charge is 2.35. The van der Waals surface area contributed by atoms with Gasteiger partial charge >= 0.3 is 0 Å². The van der Waals surface area contributed by atoms with E-state index < -0.39 is 10.0 Å². The second-order valence-electron chi connectivity index (χ2n) is 12.3. The van der Waals surface area contributed by atoms with Gasteiger partial charge in [-0.2, -0.15) is 4.31 Å². The Morgan fingerprint density at radius 1 is 0.974 bits per heavy atom. The molecule has 0 fully saturated rings. The number of benzene rings is 2. The van der Waals surface area contributed by atoms with Gasteiger partial charge in [0.15, 0.2) is 0 Å². The summed E-state index contributed by atoms with van der Waals surface area (Å²) in [7, 11) is -3.90. The van der Waals surface area contributed by atoms with Crippen molar-refractivity contribution in [2.75, 3.05) is 19.6 Å². The monoisotopic (exact) mass is 564 g/mol. The van der Waals surface area contributed by atoms with Crippen LogP contribution in [0.2, 0.25) is 0 Å². The molecule has 208 valence electrons. The zero-order valence-electron chi connectivity index (χ0n) is 23.9. The molecule has 1 atom stereocenters. The number of nitrogens with zero attached hydrogens (tertiary/aromatic N) is 2. The molecule has 1 aliphatic rings. The van der Waals surface area contributed by atoms with Crippen molar-refractivity contribution < 1.29 is 13.2 Å². The third-order valence-electron chi connectivity index (χ3n) is 7.38. The Labute approximate surface area is 238 Å². The maximum Gasteiger partial charge on any atom is 0.243 e. The van der Waals surface area contributed by atoms with Crippen LogP contribution in [0.5, 0.6) is 0 Å². The molecular weight excluding hydrogens is 524 g/mol. The summed E-state index contributed by atoms with van der Waals surface area (Å²) in [5.41, 5.74) is 4.37. The van der Waals surface area contributed by atoms with Gasteiger partial charge in [-0.15, -0.1) is 17.9 Å². The predicted molar refractivity (Wildman–Crippen MR) is 161 cm³/mol. The van der Waals surface area contributed by atoms with E-state index in [-0.39, 0.29) is 40.8 Å². The molecule has 1 aromatic heterocycles. The van der Waals surface area contributed by atoms with Gasteiger partial charge in [-0.05, 0) is 63.1 Å². The Morgan fingerprint density at radius 2 is 1.54 bits per heavy atom. The van der Waals surface area contributed by atoms with Crippen LogP contribution in [-0.4, -0.2) is 43.2 Å². The van der Waals surface area contributed by atoms with Crippen molar-refractivity contribution in [1.29, 1.82) is 0 Å². The summed E-state index contributed by atoms with van der Waals surface area (Å²) in [6.07, 6.45) is 2.29. The highest BCUT2D eigenvalue weighted by Crippen LogP contribution is 2.38. The minimum atomic E-state index is -3.90. The molecule has 0 radical (unpaired) electrons. The largest absolute Gasteiger partial charge is 0.330 e. The lowest BCUT2D eigenvalue weighted by atomic mass is 9.85. The Hall–Kier alpha value is -2.74. The second-order valence-corrected chi connectivity index (χ2v) is 15.2. The molecule has 2 aromatic carbocycles. The van der Waals surface area contributed by atoms with Crippen molar-refractivity contribution in [1.82, 2.24) is 9.21 Å². The molecule has 3 aromatic rings. The number of carbonyl (C=O) groups is 1. The molecule has 0 spiro atoms. The number of carbonyl (C=O) groups excluding carboxylic acids is 1. The van der Waals surface area contributed by atoms with E-state index >= 15 is 0 Å². The van der Waals surface area contributed by atoms with E-state index in [1.807, 2.05) is 17.0 Å². The standard InChI is InChI=1S/C32H40N2O3S2/c1-8-19-33(39(36,37)26-15-13-25(14-16-26)32(5,6)7)22-29(35)34-20-17-28-27(18-21-38-28)30(34)23-9-11-24(12-10-23)31(2,3)4/h8-16,18,21,30H,1,17,19-20,22H2,2-7H3. The first kappa shape index (κ1) is 29.2. The molecule has 0 saturated carbocycles. The van der Waals surface area contributed by atoms with Gasteiger partial charge in [-0.25, -0.2) is 8.42 Å². The number of fused-ring (bicyclic) bond motifs is 1. The minimum absolute atomic E-state index is 0.0266. The van der Waals surface area contributed by atoms with Crippen LogP contribution < -0.4 is 0 Å². The maximum absolute atomic E-state index is 13.9. The van der Waals surface area contributed by atoms with Crippen LogP contribution in [0, 0.1) is 0 Å². The van der Waals surface area contributed by atoms with Crippen LogP contribution in [0.15, 0.2) is 77.5 Å². The van der Waals surface area contributed by atoms with E-state index in [1.165, 1.54) is 20.8 Å². The molecular formula is C32H40N2O3S2. The van der Waals surface area contributed by atoms with Crippen LogP contribution in [0.25, 0.3) is 0 Å². The fraction of sp³-hybridized carbons (Fsp3) is 0.406. The van der Waals surface area contributed by atoms with E-state index in [2.05, 4.69) is 83.8 Å². The molecule has 2 heterocycles. The highest BCUT2D eigenvalue weighted by molar-refractivity contribution is 7.89. The van der Waals surface area contributed by atoms with Crippen LogP contribution in [0.4, 0.5) is 0 Å². The average Bonchev–Trinajstić information content (AvgIpc) is 3.36. The van der Waals surface area contributed by atoms with E-state index in [0.29, 0.717) is 6.54 Å². The summed E-state index contributed by atoms with van der Waals surface area (Å²) >= 11 is 1.71. The number of hydrogen-bond donors (Lipinski definition) is 0. The number of sulfonamides is 1. The van der Waals surface area contributed by atoms with Gasteiger partial charge in [0, 0.05) is 18.0 Å². The maximum atomic E-state index is 13.9. The summed E-state index contributed by atoms with van der Waals surface area (Å²) in [5.74, 6) is -0.214. The van der Waals surface area contributed by atoms with Crippen LogP contribution in [-0.2, 0) is 32.1 Å². The van der Waals surface area contributed by atoms with Crippen molar-refractivity contribution in [2.24, 2.45) is 0 Å². The number of amides is 1. The quantitative estimate of drug-likeness (QED) is 0.300. The van der Waals surface area contributed by atoms with Crippen molar-refractivity contribution in [3.8, 4) is 0 Å². The van der Waals surface area contributed by atoms with Gasteiger partial charge in [0.1, 0.15) is 0 Å². The summed E-state index contributed by atoms with van der Waals surface area (Å²) in [4.78, 5) is 17.2. The van der Waals surface area contributed by atoms with E-state index in [1.54, 1.807) is 23.5 Å². The van der Waals surface area contributed by atoms with E-state index in [0.717, 1.165) is 23.1 Å². The molecule has 0 N–H and O–H groups in total. The number of rotatable bonds is 7. The fourth-order valence-corrected chi connectivity index (χ4v) is 7.28. The first-order valence-corrected chi connectivity index (χ1v) is 15.7. The molecule has 0 saturated heterocycles. The van der Waals surface area contributed by atoms with Gasteiger partial charge in [0.05, 0.1) is 17.5 Å². The van der Waals surface area contributed by atoms with Gasteiger partial charge in [-0.1, -0.05) is 84.0 Å². The zero-order chi connectivity index (χ0) is 28.6. The predicted octanol–water partition coefficient (Wildman–Crippen LogP) is 6.69. The molecule has 1 unspecified atom stereocenters. The van der Waals surface area contributed by atoms with E-state index in [9.17, 15) is 13.2 Å². The lowest BCUT2D eigenvalue weighted by Gasteiger charge is -2.37. The van der Waals surface area contributed by atoms with Gasteiger partial charge < -0.3 is 4.90 Å². The normalized spacial score (nSPS) is 16.3. The SMILES string of the molecule is C=CCN(CC(=O)N1CCc2sccc2C1c1ccc(C(C)(C)C)cc1)S(=O)(=O)c1ccc(C(C)(C)C)cc1. The summed E-state index contributed by atoms with van der Waals surface area (Å²) in [6.45, 7) is 16.9. The summed E-state index contributed by atoms with van der Waals surface area (Å²) < 4.78 is 28.5. The average molecular weight is 565 g/mol. The van der Waals surface area contributed by atoms with Crippen LogP contribution in [0.1, 0.15) is 74.7 Å². The van der Waals surface area contributed by atoms with Gasteiger partial charge in [0.25, 0.3) is 0 Å². The molecule has 4 rings (SSSR count). The van der Waals surface area contributed by atoms with E-state index in [4.69, 9.17) is 0 Å². The van der Waals surface area contributed by atoms with Crippen LogP contribution in [0.3, 0.4) is 0 Å². The van der Waals surface area contributed by atoms with Crippen molar-refractivity contribution in [3.05, 3.63) is 99.8 Å². The number of hydrogen-bond acceptors (Lipinski definition) is 4. The Balaban J connectivity index is 1.64. The molecule has 1 aliphatic heterocycles. The summed E-state index contributed by atoms with van der Waals surface area (Å²) in [5, 5.41) is 2.07. The molecule has 5 nitrogen and oxygen atoms in total. The smallest absolute Gasteiger partial charge is 0.243 e. The second kappa shape index (κ2) is 11.0. The van der Waals surface area contributed by atoms with Gasteiger partial charge in [0.2, 0.25) is 15.9 Å². The van der Waals surface area contributed by atoms with Crippen molar-refractivity contribution in [2.45, 2.75) is 69.7 Å². The fourth-order valence-electron chi connectivity index (χ4n) is 5.02. The molecule has 39 heavy (non-hydrogen) atoms. The zero-order valence-corrected chi connectivity index (χ0v) is 25.5. The van der Waals surface area contributed by atoms with Crippen molar-refractivity contribution in [3.63, 3.8) is 0 Å². The highest BCUT2D eigenvalue weighted by atomic mass is 32.2. The first-order valence-electron chi connectivity index (χ1n) is 13.4. The number of thiophene rings is 1. The lowest BCUT2D eigenvalue weighted by molar-refractivity contribution is -0.133. The van der Waals surface area contributed by atoms with Gasteiger partial charge in [-0.3, -0.25) is 4.79 Å².